The average Bonchev–Trinajstić information content (AvgIpc) is 2.55. The van der Waals surface area contributed by atoms with E-state index in [2.05, 4.69) is 19.9 Å². The Labute approximate surface area is 131 Å². The Balaban J connectivity index is 2.04. The molecule has 0 spiro atoms. The number of rotatable bonds is 5. The summed E-state index contributed by atoms with van der Waals surface area (Å²) < 4.78 is 23.5. The quantitative estimate of drug-likeness (QED) is 0.717. The Kier molecular flexibility index (Phi) is 4.24. The second kappa shape index (κ2) is 6.49. The molecule has 0 saturated carbocycles. The third kappa shape index (κ3) is 3.32. The summed E-state index contributed by atoms with van der Waals surface area (Å²) in [4.78, 5) is 16.8. The van der Waals surface area contributed by atoms with E-state index in [0.717, 1.165) is 5.56 Å². The summed E-state index contributed by atoms with van der Waals surface area (Å²) in [7, 11) is 1.57. The number of hydrogen-bond acceptors (Lipinski definition) is 7. The van der Waals surface area contributed by atoms with Gasteiger partial charge in [0.15, 0.2) is 11.2 Å². The number of methoxy groups -OCH3 is 1. The number of fused-ring (bicyclic) bond motifs is 1. The highest BCUT2D eigenvalue weighted by Crippen LogP contribution is 2.24. The first kappa shape index (κ1) is 15.0. The van der Waals surface area contributed by atoms with Crippen LogP contribution < -0.4 is 10.5 Å². The van der Waals surface area contributed by atoms with Crippen molar-refractivity contribution in [2.24, 2.45) is 0 Å². The Morgan fingerprint density at radius 3 is 2.61 bits per heavy atom. The van der Waals surface area contributed by atoms with E-state index in [1.165, 1.54) is 12.1 Å². The van der Waals surface area contributed by atoms with Gasteiger partial charge in [0.05, 0.1) is 18.5 Å². The summed E-state index contributed by atoms with van der Waals surface area (Å²) in [6, 6.07) is 5.96. The topological polar surface area (TPSA) is 96.0 Å². The first-order valence-electron chi connectivity index (χ1n) is 6.85. The summed E-state index contributed by atoms with van der Waals surface area (Å²) in [6.07, 6.45) is 1.54. The molecule has 7 nitrogen and oxygen atoms in total. The lowest BCUT2D eigenvalue weighted by Crippen LogP contribution is -2.08. The van der Waals surface area contributed by atoms with Gasteiger partial charge >= 0.3 is 0 Å². The van der Waals surface area contributed by atoms with Gasteiger partial charge in [-0.1, -0.05) is 0 Å². The van der Waals surface area contributed by atoms with Gasteiger partial charge in [-0.15, -0.1) is 0 Å². The van der Waals surface area contributed by atoms with Crippen molar-refractivity contribution in [3.05, 3.63) is 36.3 Å². The summed E-state index contributed by atoms with van der Waals surface area (Å²) in [6.45, 7) is 0.695. The molecule has 23 heavy (non-hydrogen) atoms. The maximum atomic E-state index is 13.0. The van der Waals surface area contributed by atoms with E-state index in [9.17, 15) is 4.39 Å². The van der Waals surface area contributed by atoms with Crippen LogP contribution in [0.3, 0.4) is 0 Å². The molecule has 0 unspecified atom stereocenters. The number of hydrogen-bond donors (Lipinski definition) is 1. The third-order valence-corrected chi connectivity index (χ3v) is 3.06. The number of aromatic nitrogens is 4. The van der Waals surface area contributed by atoms with E-state index < -0.39 is 0 Å². The van der Waals surface area contributed by atoms with Crippen molar-refractivity contribution in [2.75, 3.05) is 26.1 Å². The van der Waals surface area contributed by atoms with Gasteiger partial charge in [0.1, 0.15) is 12.4 Å². The van der Waals surface area contributed by atoms with Crippen molar-refractivity contribution in [3.63, 3.8) is 0 Å². The minimum atomic E-state index is -0.317. The second-order valence-electron chi connectivity index (χ2n) is 4.66. The molecule has 0 bridgehead atoms. The van der Waals surface area contributed by atoms with Crippen molar-refractivity contribution in [2.45, 2.75) is 0 Å². The lowest BCUT2D eigenvalue weighted by atomic mass is 10.1. The van der Waals surface area contributed by atoms with E-state index in [0.29, 0.717) is 30.1 Å². The third-order valence-electron chi connectivity index (χ3n) is 3.06. The smallest absolute Gasteiger partial charge is 0.247 e. The van der Waals surface area contributed by atoms with Crippen LogP contribution in [0.4, 0.5) is 10.3 Å². The van der Waals surface area contributed by atoms with Crippen molar-refractivity contribution in [3.8, 4) is 17.1 Å². The van der Waals surface area contributed by atoms with Gasteiger partial charge in [-0.25, -0.2) is 14.4 Å². The van der Waals surface area contributed by atoms with Gasteiger partial charge in [-0.2, -0.15) is 9.97 Å². The van der Waals surface area contributed by atoms with E-state index >= 15 is 0 Å². The molecule has 2 heterocycles. The highest BCUT2D eigenvalue weighted by molar-refractivity contribution is 5.79. The Morgan fingerprint density at radius 1 is 1.09 bits per heavy atom. The lowest BCUT2D eigenvalue weighted by molar-refractivity contribution is 0.144. The Bertz CT molecular complexity index is 826. The number of anilines is 1. The van der Waals surface area contributed by atoms with Crippen molar-refractivity contribution >= 4 is 17.1 Å². The molecule has 1 aromatic carbocycles. The molecule has 0 aliphatic carbocycles. The van der Waals surface area contributed by atoms with Crippen LogP contribution in [0.2, 0.25) is 0 Å². The van der Waals surface area contributed by atoms with Crippen LogP contribution in [0.1, 0.15) is 0 Å². The molecule has 0 atom stereocenters. The van der Waals surface area contributed by atoms with Crippen LogP contribution >= 0.6 is 0 Å². The fraction of sp³-hybridized carbons (Fsp3) is 0.200. The van der Waals surface area contributed by atoms with E-state index in [1.807, 2.05) is 0 Å². The molecule has 0 aliphatic rings. The molecule has 118 valence electrons. The predicted molar refractivity (Wildman–Crippen MR) is 82.3 cm³/mol. The summed E-state index contributed by atoms with van der Waals surface area (Å²) in [5, 5.41) is 0. The Morgan fingerprint density at radius 2 is 1.87 bits per heavy atom. The van der Waals surface area contributed by atoms with Crippen molar-refractivity contribution in [1.82, 2.24) is 19.9 Å². The standard InChI is InChI=1S/C15H14FN5O2/c1-22-6-7-23-14-12-13(20-15(17)21-14)18-8-11(19-12)9-2-4-10(16)5-3-9/h2-5,8H,6-7H2,1H3,(H2,17,18,20,21). The molecule has 3 rings (SSSR count). The number of halogens is 1. The molecular formula is C15H14FN5O2. The fourth-order valence-corrected chi connectivity index (χ4v) is 1.98. The maximum absolute atomic E-state index is 13.0. The molecule has 2 N–H and O–H groups in total. The molecule has 3 aromatic rings. The van der Waals surface area contributed by atoms with Crippen LogP contribution in [0, 0.1) is 5.82 Å². The normalized spacial score (nSPS) is 10.9. The SMILES string of the molecule is COCCOc1nc(N)nc2ncc(-c3ccc(F)cc3)nc12. The summed E-state index contributed by atoms with van der Waals surface area (Å²) >= 11 is 0. The largest absolute Gasteiger partial charge is 0.474 e. The van der Waals surface area contributed by atoms with Gasteiger partial charge < -0.3 is 15.2 Å². The van der Waals surface area contributed by atoms with Crippen molar-refractivity contribution in [1.29, 1.82) is 0 Å². The molecular weight excluding hydrogens is 301 g/mol. The van der Waals surface area contributed by atoms with Gasteiger partial charge in [0, 0.05) is 12.7 Å². The van der Waals surface area contributed by atoms with E-state index in [1.54, 1.807) is 25.4 Å². The number of nitrogens with zero attached hydrogens (tertiary/aromatic N) is 4. The zero-order chi connectivity index (χ0) is 16.2. The molecule has 0 aliphatic heterocycles. The highest BCUT2D eigenvalue weighted by Gasteiger charge is 2.12. The van der Waals surface area contributed by atoms with Crippen LogP contribution in [-0.4, -0.2) is 40.3 Å². The molecule has 0 amide bonds. The number of nitrogen functional groups attached to an aromatic ring is 1. The van der Waals surface area contributed by atoms with E-state index in [4.69, 9.17) is 15.2 Å². The minimum absolute atomic E-state index is 0.0498. The van der Waals surface area contributed by atoms with Gasteiger partial charge in [0.25, 0.3) is 0 Å². The van der Waals surface area contributed by atoms with Crippen LogP contribution in [-0.2, 0) is 4.74 Å². The molecule has 2 aromatic heterocycles. The van der Waals surface area contributed by atoms with Crippen LogP contribution in [0.5, 0.6) is 5.88 Å². The highest BCUT2D eigenvalue weighted by atomic mass is 19.1. The first-order valence-corrected chi connectivity index (χ1v) is 6.85. The first-order chi connectivity index (χ1) is 11.2. The minimum Gasteiger partial charge on any atom is -0.474 e. The summed E-state index contributed by atoms with van der Waals surface area (Å²) in [5.74, 6) is -0.0306. The monoisotopic (exact) mass is 315 g/mol. The number of benzene rings is 1. The lowest BCUT2D eigenvalue weighted by Gasteiger charge is -2.08. The fourth-order valence-electron chi connectivity index (χ4n) is 1.98. The zero-order valence-corrected chi connectivity index (χ0v) is 12.4. The molecule has 0 radical (unpaired) electrons. The molecule has 0 saturated heterocycles. The summed E-state index contributed by atoms with van der Waals surface area (Å²) in [5.41, 5.74) is 7.65. The predicted octanol–water partition coefficient (Wildman–Crippen LogP) is 1.83. The van der Waals surface area contributed by atoms with E-state index in [-0.39, 0.29) is 17.6 Å². The van der Waals surface area contributed by atoms with Crippen LogP contribution in [0.25, 0.3) is 22.4 Å². The number of nitrogens with two attached hydrogens (primary N) is 1. The number of ether oxygens (including phenoxy) is 2. The average molecular weight is 315 g/mol. The molecule has 0 fully saturated rings. The molecule has 8 heteroatoms. The second-order valence-corrected chi connectivity index (χ2v) is 4.66. The Hall–Kier alpha value is -2.87. The van der Waals surface area contributed by atoms with Crippen molar-refractivity contribution < 1.29 is 13.9 Å². The maximum Gasteiger partial charge on any atom is 0.247 e. The van der Waals surface area contributed by atoms with Gasteiger partial charge in [-0.3, -0.25) is 0 Å². The zero-order valence-electron chi connectivity index (χ0n) is 12.4. The van der Waals surface area contributed by atoms with Crippen LogP contribution in [0.15, 0.2) is 30.5 Å². The van der Waals surface area contributed by atoms with Gasteiger partial charge in [0.2, 0.25) is 11.8 Å². The van der Waals surface area contributed by atoms with Gasteiger partial charge in [-0.05, 0) is 24.3 Å².